The van der Waals surface area contributed by atoms with Gasteiger partial charge in [0.25, 0.3) is 0 Å². The molecule has 0 aliphatic carbocycles. The third kappa shape index (κ3) is 2.48. The van der Waals surface area contributed by atoms with Crippen molar-refractivity contribution in [3.05, 3.63) is 28.6 Å². The Hall–Kier alpha value is -1.66. The molecule has 0 spiro atoms. The lowest BCUT2D eigenvalue weighted by molar-refractivity contribution is 0.464. The predicted molar refractivity (Wildman–Crippen MR) is 79.8 cm³/mol. The average Bonchev–Trinajstić information content (AvgIpc) is 2.95. The molecule has 3 heterocycles. The Morgan fingerprint density at radius 1 is 1.35 bits per heavy atom. The molecular weight excluding hydrogens is 296 g/mol. The standard InChI is InChI=1S/C13H13ClN4OS/c1-7(2)18-6-9(5-15-18)19-11-10-4-8(3)20-12(10)17-13(14)16-11/h4-7H,1-3H3. The van der Waals surface area contributed by atoms with Gasteiger partial charge in [-0.1, -0.05) is 0 Å². The fourth-order valence-corrected chi connectivity index (χ4v) is 2.92. The molecule has 0 saturated carbocycles. The van der Waals surface area contributed by atoms with Gasteiger partial charge in [-0.15, -0.1) is 11.3 Å². The monoisotopic (exact) mass is 308 g/mol. The summed E-state index contributed by atoms with van der Waals surface area (Å²) >= 11 is 7.50. The van der Waals surface area contributed by atoms with Crippen molar-refractivity contribution in [3.63, 3.8) is 0 Å². The second kappa shape index (κ2) is 5.03. The first-order chi connectivity index (χ1) is 9.52. The maximum absolute atomic E-state index is 5.94. The van der Waals surface area contributed by atoms with Crippen molar-refractivity contribution in [2.45, 2.75) is 26.8 Å². The second-order valence-corrected chi connectivity index (χ2v) is 6.30. The SMILES string of the molecule is Cc1cc2c(Oc3cnn(C(C)C)c3)nc(Cl)nc2s1. The van der Waals surface area contributed by atoms with E-state index in [-0.39, 0.29) is 11.3 Å². The highest BCUT2D eigenvalue weighted by Crippen LogP contribution is 2.33. The highest BCUT2D eigenvalue weighted by Gasteiger charge is 2.13. The molecule has 0 radical (unpaired) electrons. The molecule has 0 atom stereocenters. The lowest BCUT2D eigenvalue weighted by Crippen LogP contribution is -1.99. The van der Waals surface area contributed by atoms with E-state index in [0.717, 1.165) is 15.1 Å². The first-order valence-electron chi connectivity index (χ1n) is 6.18. The molecule has 5 nitrogen and oxygen atoms in total. The molecule has 0 unspecified atom stereocenters. The Labute approximate surface area is 125 Å². The summed E-state index contributed by atoms with van der Waals surface area (Å²) in [7, 11) is 0. The van der Waals surface area contributed by atoms with Gasteiger partial charge in [-0.05, 0) is 38.4 Å². The summed E-state index contributed by atoms with van der Waals surface area (Å²) in [5.41, 5.74) is 0. The largest absolute Gasteiger partial charge is 0.435 e. The molecule has 7 heteroatoms. The Morgan fingerprint density at radius 3 is 2.85 bits per heavy atom. The molecule has 3 aromatic heterocycles. The van der Waals surface area contributed by atoms with Crippen LogP contribution in [-0.4, -0.2) is 19.7 Å². The van der Waals surface area contributed by atoms with Crippen molar-refractivity contribution in [1.29, 1.82) is 0 Å². The van der Waals surface area contributed by atoms with Gasteiger partial charge >= 0.3 is 0 Å². The van der Waals surface area contributed by atoms with E-state index in [4.69, 9.17) is 16.3 Å². The van der Waals surface area contributed by atoms with E-state index in [1.165, 1.54) is 0 Å². The van der Waals surface area contributed by atoms with E-state index in [9.17, 15) is 0 Å². The molecule has 3 aromatic rings. The molecule has 20 heavy (non-hydrogen) atoms. The van der Waals surface area contributed by atoms with E-state index in [1.54, 1.807) is 17.5 Å². The summed E-state index contributed by atoms with van der Waals surface area (Å²) < 4.78 is 7.63. The number of aryl methyl sites for hydroxylation is 1. The molecule has 0 bridgehead atoms. The lowest BCUT2D eigenvalue weighted by Gasteiger charge is -2.04. The minimum absolute atomic E-state index is 0.186. The summed E-state index contributed by atoms with van der Waals surface area (Å²) in [6.45, 7) is 6.12. The van der Waals surface area contributed by atoms with Crippen molar-refractivity contribution in [3.8, 4) is 11.6 Å². The number of hydrogen-bond acceptors (Lipinski definition) is 5. The van der Waals surface area contributed by atoms with Crippen LogP contribution in [0.15, 0.2) is 18.5 Å². The lowest BCUT2D eigenvalue weighted by atomic mass is 10.3. The molecule has 0 saturated heterocycles. The van der Waals surface area contributed by atoms with Crippen LogP contribution >= 0.6 is 22.9 Å². The van der Waals surface area contributed by atoms with Crippen LogP contribution in [0.4, 0.5) is 0 Å². The van der Waals surface area contributed by atoms with Crippen LogP contribution in [0.5, 0.6) is 11.6 Å². The third-order valence-electron chi connectivity index (χ3n) is 2.78. The second-order valence-electron chi connectivity index (χ2n) is 4.73. The molecule has 0 aromatic carbocycles. The first kappa shape index (κ1) is 13.3. The van der Waals surface area contributed by atoms with Crippen molar-refractivity contribution < 1.29 is 4.74 Å². The van der Waals surface area contributed by atoms with Gasteiger partial charge in [0.05, 0.1) is 17.8 Å². The fourth-order valence-electron chi connectivity index (χ4n) is 1.84. The van der Waals surface area contributed by atoms with E-state index < -0.39 is 0 Å². The van der Waals surface area contributed by atoms with Gasteiger partial charge in [0.2, 0.25) is 11.2 Å². The van der Waals surface area contributed by atoms with Crippen LogP contribution in [0.1, 0.15) is 24.8 Å². The number of hydrogen-bond donors (Lipinski definition) is 0. The number of rotatable bonds is 3. The van der Waals surface area contributed by atoms with Gasteiger partial charge in [-0.3, -0.25) is 4.68 Å². The summed E-state index contributed by atoms with van der Waals surface area (Å²) in [6, 6.07) is 2.28. The van der Waals surface area contributed by atoms with Crippen molar-refractivity contribution in [2.24, 2.45) is 0 Å². The molecule has 0 fully saturated rings. The van der Waals surface area contributed by atoms with Crippen LogP contribution in [-0.2, 0) is 0 Å². The van der Waals surface area contributed by atoms with Gasteiger partial charge in [0.1, 0.15) is 4.83 Å². The molecule has 0 amide bonds. The van der Waals surface area contributed by atoms with Gasteiger partial charge in [0.15, 0.2) is 5.75 Å². The molecule has 104 valence electrons. The fraction of sp³-hybridized carbons (Fsp3) is 0.308. The molecular formula is C13H13ClN4OS. The zero-order chi connectivity index (χ0) is 14.3. The zero-order valence-electron chi connectivity index (χ0n) is 11.3. The summed E-state index contributed by atoms with van der Waals surface area (Å²) in [4.78, 5) is 10.3. The smallest absolute Gasteiger partial charge is 0.232 e. The molecule has 0 aliphatic heterocycles. The number of fused-ring (bicyclic) bond motifs is 1. The van der Waals surface area contributed by atoms with Crippen molar-refractivity contribution >= 4 is 33.2 Å². The third-order valence-corrected chi connectivity index (χ3v) is 3.89. The predicted octanol–water partition coefficient (Wildman–Crippen LogP) is 4.22. The van der Waals surface area contributed by atoms with E-state index in [0.29, 0.717) is 11.6 Å². The van der Waals surface area contributed by atoms with E-state index in [2.05, 4.69) is 28.9 Å². The average molecular weight is 309 g/mol. The summed E-state index contributed by atoms with van der Waals surface area (Å²) in [5, 5.41) is 5.29. The Morgan fingerprint density at radius 2 is 2.15 bits per heavy atom. The van der Waals surface area contributed by atoms with Crippen LogP contribution in [0.25, 0.3) is 10.2 Å². The maximum atomic E-state index is 5.94. The quantitative estimate of drug-likeness (QED) is 0.680. The van der Waals surface area contributed by atoms with Crippen LogP contribution in [0, 0.1) is 6.92 Å². The number of aromatic nitrogens is 4. The van der Waals surface area contributed by atoms with Crippen molar-refractivity contribution in [1.82, 2.24) is 19.7 Å². The number of halogens is 1. The Kier molecular flexibility index (Phi) is 3.35. The summed E-state index contributed by atoms with van der Waals surface area (Å²) in [5.74, 6) is 1.10. The number of ether oxygens (including phenoxy) is 1. The Bertz CT molecular complexity index is 765. The molecule has 0 N–H and O–H groups in total. The Balaban J connectivity index is 2.00. The first-order valence-corrected chi connectivity index (χ1v) is 7.38. The minimum Gasteiger partial charge on any atom is -0.435 e. The highest BCUT2D eigenvalue weighted by atomic mass is 35.5. The van der Waals surface area contributed by atoms with Gasteiger partial charge < -0.3 is 4.74 Å². The number of nitrogens with zero attached hydrogens (tertiary/aromatic N) is 4. The van der Waals surface area contributed by atoms with Crippen LogP contribution in [0.3, 0.4) is 0 Å². The van der Waals surface area contributed by atoms with Crippen molar-refractivity contribution in [2.75, 3.05) is 0 Å². The maximum Gasteiger partial charge on any atom is 0.232 e. The number of thiophene rings is 1. The van der Waals surface area contributed by atoms with Gasteiger partial charge in [-0.25, -0.2) is 4.98 Å². The summed E-state index contributed by atoms with van der Waals surface area (Å²) in [6.07, 6.45) is 3.51. The molecule has 0 aliphatic rings. The molecule has 3 rings (SSSR count). The van der Waals surface area contributed by atoms with E-state index >= 15 is 0 Å². The topological polar surface area (TPSA) is 52.8 Å². The van der Waals surface area contributed by atoms with Crippen LogP contribution < -0.4 is 4.74 Å². The van der Waals surface area contributed by atoms with E-state index in [1.807, 2.05) is 23.9 Å². The van der Waals surface area contributed by atoms with Gasteiger partial charge in [0, 0.05) is 10.9 Å². The normalized spacial score (nSPS) is 11.4. The van der Waals surface area contributed by atoms with Crippen LogP contribution in [0.2, 0.25) is 5.28 Å². The highest BCUT2D eigenvalue weighted by molar-refractivity contribution is 7.18. The minimum atomic E-state index is 0.186. The zero-order valence-corrected chi connectivity index (χ0v) is 12.9. The van der Waals surface area contributed by atoms with Gasteiger partial charge in [-0.2, -0.15) is 10.1 Å².